The second kappa shape index (κ2) is 7.10. The molecule has 0 atom stereocenters. The van der Waals surface area contributed by atoms with Crippen molar-refractivity contribution >= 4 is 22.5 Å². The molecule has 3 heterocycles. The number of aromatic nitrogens is 6. The molecule has 0 aliphatic heterocycles. The largest absolute Gasteiger partial charge is 0.396 e. The third-order valence-electron chi connectivity index (χ3n) is 4.95. The highest BCUT2D eigenvalue weighted by Gasteiger charge is 2.24. The average molecular weight is 417 g/mol. The number of nitrogen functional groups attached to an aromatic ring is 1. The highest BCUT2D eigenvalue weighted by Crippen LogP contribution is 2.29. The lowest BCUT2D eigenvalue weighted by Gasteiger charge is -2.07. The van der Waals surface area contributed by atoms with Crippen LogP contribution in [0, 0.1) is 11.6 Å². The number of nitrogens with two attached hydrogens (primary N) is 1. The molecule has 0 saturated heterocycles. The quantitative estimate of drug-likeness (QED) is 0.303. The number of nitrogens with zero attached hydrogens (tertiary/aromatic N) is 4. The number of rotatable bonds is 4. The lowest BCUT2D eigenvalue weighted by molar-refractivity contribution is 0.103. The highest BCUT2D eigenvalue weighted by atomic mass is 19.1. The van der Waals surface area contributed by atoms with Crippen molar-refractivity contribution < 1.29 is 13.6 Å². The minimum Gasteiger partial charge on any atom is -0.396 e. The van der Waals surface area contributed by atoms with Gasteiger partial charge in [-0.1, -0.05) is 24.3 Å². The fourth-order valence-electron chi connectivity index (χ4n) is 3.36. The number of fused-ring (bicyclic) bond motifs is 1. The zero-order chi connectivity index (χ0) is 21.5. The predicted molar refractivity (Wildman–Crippen MR) is 109 cm³/mol. The number of pyridine rings is 1. The van der Waals surface area contributed by atoms with Crippen LogP contribution in [0.2, 0.25) is 0 Å². The maximum absolute atomic E-state index is 14.4. The fourth-order valence-corrected chi connectivity index (χ4v) is 3.36. The number of ketones is 1. The van der Waals surface area contributed by atoms with Crippen LogP contribution < -0.4 is 5.73 Å². The van der Waals surface area contributed by atoms with Gasteiger partial charge in [-0.05, 0) is 29.0 Å². The molecular formula is C21H13F2N7O. The van der Waals surface area contributed by atoms with Gasteiger partial charge in [0.25, 0.3) is 0 Å². The zero-order valence-electron chi connectivity index (χ0n) is 15.7. The zero-order valence-corrected chi connectivity index (χ0v) is 15.7. The first-order chi connectivity index (χ1) is 15.0. The Labute approximate surface area is 173 Å². The van der Waals surface area contributed by atoms with Crippen molar-refractivity contribution in [2.45, 2.75) is 0 Å². The molecule has 31 heavy (non-hydrogen) atoms. The minimum absolute atomic E-state index is 0.0937. The van der Waals surface area contributed by atoms with E-state index in [0.29, 0.717) is 22.4 Å². The van der Waals surface area contributed by atoms with E-state index >= 15 is 0 Å². The van der Waals surface area contributed by atoms with E-state index in [1.54, 1.807) is 12.3 Å². The van der Waals surface area contributed by atoms with Crippen LogP contribution in [-0.2, 0) is 0 Å². The highest BCUT2D eigenvalue weighted by molar-refractivity contribution is 6.16. The summed E-state index contributed by atoms with van der Waals surface area (Å²) in [7, 11) is 0. The van der Waals surface area contributed by atoms with Crippen LogP contribution in [0.4, 0.5) is 14.5 Å². The molecule has 8 nitrogen and oxygen atoms in total. The smallest absolute Gasteiger partial charge is 0.204 e. The van der Waals surface area contributed by atoms with Gasteiger partial charge in [-0.25, -0.2) is 13.8 Å². The molecule has 0 saturated carbocycles. The molecular weight excluding hydrogens is 404 g/mol. The van der Waals surface area contributed by atoms with Crippen LogP contribution in [0.3, 0.4) is 0 Å². The summed E-state index contributed by atoms with van der Waals surface area (Å²) in [6.07, 6.45) is 3.02. The maximum Gasteiger partial charge on any atom is 0.204 e. The molecule has 0 aliphatic carbocycles. The molecule has 0 fully saturated rings. The number of H-pyrrole nitrogens is 2. The minimum atomic E-state index is -1.08. The summed E-state index contributed by atoms with van der Waals surface area (Å²) in [5, 5.41) is 14.2. The second-order valence-electron chi connectivity index (χ2n) is 6.79. The van der Waals surface area contributed by atoms with Gasteiger partial charge in [0.15, 0.2) is 5.82 Å². The summed E-state index contributed by atoms with van der Waals surface area (Å²) in [6, 6.07) is 11.1. The lowest BCUT2D eigenvalue weighted by Crippen LogP contribution is -2.09. The van der Waals surface area contributed by atoms with Crippen molar-refractivity contribution in [3.63, 3.8) is 0 Å². The molecule has 0 aliphatic rings. The summed E-state index contributed by atoms with van der Waals surface area (Å²) in [4.78, 5) is 20.1. The summed E-state index contributed by atoms with van der Waals surface area (Å²) in [6.45, 7) is 0. The van der Waals surface area contributed by atoms with E-state index in [4.69, 9.17) is 5.73 Å². The van der Waals surface area contributed by atoms with Crippen molar-refractivity contribution in [1.29, 1.82) is 0 Å². The Hall–Kier alpha value is -4.47. The Kier molecular flexibility index (Phi) is 4.25. The molecule has 3 aromatic heterocycles. The summed E-state index contributed by atoms with van der Waals surface area (Å²) in [5.74, 6) is -2.42. The number of hydrogen-bond acceptors (Lipinski definition) is 6. The molecule has 2 aromatic carbocycles. The fraction of sp³-hybridized carbons (Fsp3) is 0. The SMILES string of the molecule is Nc1ccc(F)c(C(=O)c2c[nH]c3ncc(-c4ccc(-c5nn[nH]n5)cc4)cc23)c1F. The molecule has 0 unspecified atom stereocenters. The molecule has 0 radical (unpaired) electrons. The number of hydrogen-bond donors (Lipinski definition) is 3. The summed E-state index contributed by atoms with van der Waals surface area (Å²) < 4.78 is 28.6. The normalized spacial score (nSPS) is 11.2. The van der Waals surface area contributed by atoms with E-state index in [1.165, 1.54) is 6.20 Å². The van der Waals surface area contributed by atoms with E-state index in [-0.39, 0.29) is 11.3 Å². The number of halogens is 2. The van der Waals surface area contributed by atoms with Gasteiger partial charge in [0.05, 0.1) is 11.3 Å². The van der Waals surface area contributed by atoms with Crippen molar-refractivity contribution in [3.8, 4) is 22.5 Å². The van der Waals surface area contributed by atoms with Crippen LogP contribution in [0.5, 0.6) is 0 Å². The lowest BCUT2D eigenvalue weighted by atomic mass is 9.99. The summed E-state index contributed by atoms with van der Waals surface area (Å²) in [5.41, 5.74) is 7.34. The van der Waals surface area contributed by atoms with Crippen LogP contribution in [0.15, 0.2) is 54.9 Å². The monoisotopic (exact) mass is 417 g/mol. The molecule has 5 rings (SSSR count). The van der Waals surface area contributed by atoms with Gasteiger partial charge in [0.2, 0.25) is 11.6 Å². The first-order valence-electron chi connectivity index (χ1n) is 9.12. The van der Waals surface area contributed by atoms with E-state index in [0.717, 1.165) is 23.3 Å². The molecule has 0 amide bonds. The van der Waals surface area contributed by atoms with Gasteiger partial charge in [0.1, 0.15) is 11.5 Å². The molecule has 0 bridgehead atoms. The van der Waals surface area contributed by atoms with E-state index < -0.39 is 23.0 Å². The number of tetrazole rings is 1. The Balaban J connectivity index is 1.56. The average Bonchev–Trinajstić information content (AvgIpc) is 3.46. The van der Waals surface area contributed by atoms with E-state index in [2.05, 4.69) is 30.6 Å². The van der Waals surface area contributed by atoms with Gasteiger partial charge < -0.3 is 10.7 Å². The topological polar surface area (TPSA) is 126 Å². The predicted octanol–water partition coefficient (Wildman–Crippen LogP) is 3.50. The van der Waals surface area contributed by atoms with Crippen LogP contribution in [0.25, 0.3) is 33.5 Å². The van der Waals surface area contributed by atoms with Crippen LogP contribution in [0.1, 0.15) is 15.9 Å². The maximum atomic E-state index is 14.4. The first kappa shape index (κ1) is 18.6. The summed E-state index contributed by atoms with van der Waals surface area (Å²) >= 11 is 0. The number of carbonyl (C=O) groups excluding carboxylic acids is 1. The van der Waals surface area contributed by atoms with E-state index in [9.17, 15) is 13.6 Å². The molecule has 152 valence electrons. The molecule has 10 heteroatoms. The van der Waals surface area contributed by atoms with Gasteiger partial charge in [-0.15, -0.1) is 10.2 Å². The Morgan fingerprint density at radius 1 is 1.00 bits per heavy atom. The number of benzene rings is 2. The van der Waals surface area contributed by atoms with Gasteiger partial charge in [-0.2, -0.15) is 5.21 Å². The Morgan fingerprint density at radius 3 is 2.52 bits per heavy atom. The van der Waals surface area contributed by atoms with Crippen LogP contribution >= 0.6 is 0 Å². The van der Waals surface area contributed by atoms with Gasteiger partial charge >= 0.3 is 0 Å². The number of carbonyl (C=O) groups is 1. The van der Waals surface area contributed by atoms with Crippen molar-refractivity contribution in [2.75, 3.05) is 5.73 Å². The van der Waals surface area contributed by atoms with Gasteiger partial charge in [0, 0.05) is 34.5 Å². The Bertz CT molecular complexity index is 1430. The van der Waals surface area contributed by atoms with Gasteiger partial charge in [-0.3, -0.25) is 4.79 Å². The van der Waals surface area contributed by atoms with Crippen molar-refractivity contribution in [2.24, 2.45) is 0 Å². The first-order valence-corrected chi connectivity index (χ1v) is 9.12. The number of anilines is 1. The molecule has 0 spiro atoms. The van der Waals surface area contributed by atoms with Crippen molar-refractivity contribution in [1.82, 2.24) is 30.6 Å². The van der Waals surface area contributed by atoms with E-state index in [1.807, 2.05) is 24.3 Å². The Morgan fingerprint density at radius 2 is 1.77 bits per heavy atom. The third-order valence-corrected chi connectivity index (χ3v) is 4.95. The van der Waals surface area contributed by atoms with Crippen molar-refractivity contribution in [3.05, 3.63) is 77.6 Å². The standard InChI is InChI=1S/C21H13F2N7O/c22-15-5-6-16(24)18(23)17(15)19(31)14-9-26-21-13(14)7-12(8-25-21)10-1-3-11(4-2-10)20-27-29-30-28-20/h1-9H,24H2,(H,25,26)(H,27,28,29,30). The number of nitrogens with one attached hydrogen (secondary N) is 2. The second-order valence-corrected chi connectivity index (χ2v) is 6.79. The van der Waals surface area contributed by atoms with Crippen LogP contribution in [-0.4, -0.2) is 36.4 Å². The number of aromatic amines is 2. The molecule has 5 aromatic rings. The molecule has 4 N–H and O–H groups in total. The third kappa shape index (κ3) is 3.10.